The third kappa shape index (κ3) is 57.9. The summed E-state index contributed by atoms with van der Waals surface area (Å²) in [5.41, 5.74) is 0. The number of carbonyl (C=O) groups excluding carboxylic acids is 2. The lowest BCUT2D eigenvalue weighted by Crippen LogP contribution is -2.28. The summed E-state index contributed by atoms with van der Waals surface area (Å²) < 4.78 is 10.6. The van der Waals surface area contributed by atoms with Crippen LogP contribution < -0.4 is 0 Å². The lowest BCUT2D eigenvalue weighted by atomic mass is 10.0. The van der Waals surface area contributed by atoms with Crippen LogP contribution in [0, 0.1) is 0 Å². The van der Waals surface area contributed by atoms with E-state index in [1.165, 1.54) is 218 Å². The van der Waals surface area contributed by atoms with Crippen LogP contribution in [0.2, 0.25) is 0 Å². The van der Waals surface area contributed by atoms with E-state index in [2.05, 4.69) is 74.6 Å². The van der Waals surface area contributed by atoms with Crippen LogP contribution in [0.25, 0.3) is 0 Å². The van der Waals surface area contributed by atoms with Crippen molar-refractivity contribution in [1.29, 1.82) is 0 Å². The standard InChI is InChI=1S/C65H116O5/c1-3-5-7-9-11-13-15-17-19-21-23-24-25-26-27-28-29-30-31-32-33-34-35-36-37-38-39-40-42-43-45-47-49-51-53-55-57-59-64(67)69-62-63(61-66)70-65(68)60-58-56-54-52-50-48-46-44-41-22-20-18-16-14-12-10-8-6-4-2/h6,8,12,14,18,20,41,44,48,50,54,56,63,66H,3-5,7,9-11,13,15-17,19,21-40,42-43,45-47,49,51-53,55,57-62H2,1-2H3/b8-6-,14-12-,20-18-,44-41-,50-48-,56-54-. The first-order valence-corrected chi connectivity index (χ1v) is 30.5. The number of ether oxygens (including phenoxy) is 2. The molecule has 5 heteroatoms. The van der Waals surface area contributed by atoms with Crippen molar-refractivity contribution >= 4 is 11.9 Å². The number of aliphatic hydroxyl groups is 1. The summed E-state index contributed by atoms with van der Waals surface area (Å²) in [5, 5.41) is 9.63. The van der Waals surface area contributed by atoms with Gasteiger partial charge in [-0.2, -0.15) is 0 Å². The Morgan fingerprint density at radius 1 is 0.343 bits per heavy atom. The number of allylic oxidation sites excluding steroid dienone is 12. The number of hydrogen-bond acceptors (Lipinski definition) is 5. The zero-order valence-corrected chi connectivity index (χ0v) is 46.5. The molecule has 1 unspecified atom stereocenters. The van der Waals surface area contributed by atoms with Crippen LogP contribution in [-0.2, 0) is 19.1 Å². The molecular formula is C65H116O5. The minimum atomic E-state index is -0.815. The molecule has 0 aromatic carbocycles. The van der Waals surface area contributed by atoms with E-state index in [4.69, 9.17) is 9.47 Å². The zero-order chi connectivity index (χ0) is 50.6. The molecule has 0 amide bonds. The van der Waals surface area contributed by atoms with Gasteiger partial charge in [-0.05, 0) is 51.4 Å². The van der Waals surface area contributed by atoms with Gasteiger partial charge in [0.25, 0.3) is 0 Å². The SMILES string of the molecule is CC/C=C\C/C=C\C/C=C\C/C=C\C/C=C\C/C=C\CCC(=O)OC(CO)COC(=O)CCCCCCCCCCCCCCCCCCCCCCCCCCCCCCCCCCCCCCC. The van der Waals surface area contributed by atoms with E-state index >= 15 is 0 Å². The van der Waals surface area contributed by atoms with Crippen molar-refractivity contribution < 1.29 is 24.2 Å². The molecule has 0 spiro atoms. The molecule has 1 atom stereocenters. The minimum absolute atomic E-state index is 0.0965. The fourth-order valence-electron chi connectivity index (χ4n) is 9.00. The third-order valence-corrected chi connectivity index (χ3v) is 13.5. The van der Waals surface area contributed by atoms with Crippen molar-refractivity contribution in [3.05, 3.63) is 72.9 Å². The van der Waals surface area contributed by atoms with Gasteiger partial charge in [0, 0.05) is 12.8 Å². The number of rotatable bonds is 56. The predicted molar refractivity (Wildman–Crippen MR) is 306 cm³/mol. The van der Waals surface area contributed by atoms with Gasteiger partial charge in [-0.3, -0.25) is 9.59 Å². The largest absolute Gasteiger partial charge is 0.462 e. The molecule has 0 saturated heterocycles. The van der Waals surface area contributed by atoms with Crippen LogP contribution in [0.4, 0.5) is 0 Å². The Kier molecular flexibility index (Phi) is 58.3. The minimum Gasteiger partial charge on any atom is -0.462 e. The first kappa shape index (κ1) is 67.3. The van der Waals surface area contributed by atoms with Crippen molar-refractivity contribution in [3.8, 4) is 0 Å². The second-order valence-corrected chi connectivity index (χ2v) is 20.4. The third-order valence-electron chi connectivity index (χ3n) is 13.5. The monoisotopic (exact) mass is 977 g/mol. The van der Waals surface area contributed by atoms with Gasteiger partial charge in [-0.1, -0.05) is 318 Å². The van der Waals surface area contributed by atoms with Crippen LogP contribution in [0.5, 0.6) is 0 Å². The van der Waals surface area contributed by atoms with Crippen LogP contribution in [0.15, 0.2) is 72.9 Å². The molecule has 0 bridgehead atoms. The molecule has 70 heavy (non-hydrogen) atoms. The summed E-state index contributed by atoms with van der Waals surface area (Å²) in [7, 11) is 0. The Morgan fingerprint density at radius 2 is 0.614 bits per heavy atom. The van der Waals surface area contributed by atoms with Crippen molar-refractivity contribution in [2.24, 2.45) is 0 Å². The molecule has 0 aliphatic rings. The molecule has 0 aromatic heterocycles. The predicted octanol–water partition coefficient (Wildman–Crippen LogP) is 20.8. The van der Waals surface area contributed by atoms with E-state index < -0.39 is 12.1 Å². The molecule has 0 fully saturated rings. The summed E-state index contributed by atoms with van der Waals surface area (Å²) in [6.07, 6.45) is 83.6. The Bertz CT molecular complexity index is 1240. The van der Waals surface area contributed by atoms with Gasteiger partial charge in [0.1, 0.15) is 6.61 Å². The highest BCUT2D eigenvalue weighted by molar-refractivity contribution is 5.70. The summed E-state index contributed by atoms with van der Waals surface area (Å²) in [6, 6.07) is 0. The highest BCUT2D eigenvalue weighted by Crippen LogP contribution is 2.18. The van der Waals surface area contributed by atoms with Crippen LogP contribution >= 0.6 is 0 Å². The molecule has 0 saturated carbocycles. The number of aliphatic hydroxyl groups excluding tert-OH is 1. The Labute approximate surface area is 435 Å². The van der Waals surface area contributed by atoms with E-state index in [-0.39, 0.29) is 25.6 Å². The zero-order valence-electron chi connectivity index (χ0n) is 46.5. The van der Waals surface area contributed by atoms with Gasteiger partial charge in [0.2, 0.25) is 0 Å². The molecule has 0 radical (unpaired) electrons. The maximum Gasteiger partial charge on any atom is 0.306 e. The maximum absolute atomic E-state index is 12.2. The lowest BCUT2D eigenvalue weighted by Gasteiger charge is -2.15. The van der Waals surface area contributed by atoms with Crippen LogP contribution in [0.1, 0.15) is 309 Å². The van der Waals surface area contributed by atoms with Gasteiger partial charge >= 0.3 is 11.9 Å². The van der Waals surface area contributed by atoms with Crippen molar-refractivity contribution in [1.82, 2.24) is 0 Å². The second kappa shape index (κ2) is 60.6. The molecule has 0 aromatic rings. The highest BCUT2D eigenvalue weighted by atomic mass is 16.6. The van der Waals surface area contributed by atoms with Crippen LogP contribution in [0.3, 0.4) is 0 Å². The molecule has 5 nitrogen and oxygen atoms in total. The molecule has 0 aliphatic heterocycles. The maximum atomic E-state index is 12.2. The van der Waals surface area contributed by atoms with E-state index in [0.717, 1.165) is 57.8 Å². The number of hydrogen-bond donors (Lipinski definition) is 1. The molecular weight excluding hydrogens is 861 g/mol. The van der Waals surface area contributed by atoms with E-state index in [1.807, 2.05) is 12.2 Å². The van der Waals surface area contributed by atoms with Crippen LogP contribution in [-0.4, -0.2) is 36.4 Å². The molecule has 0 heterocycles. The summed E-state index contributed by atoms with van der Waals surface area (Å²) in [4.78, 5) is 24.5. The van der Waals surface area contributed by atoms with Gasteiger partial charge in [-0.25, -0.2) is 0 Å². The van der Waals surface area contributed by atoms with Gasteiger partial charge in [-0.15, -0.1) is 0 Å². The quantitative estimate of drug-likeness (QED) is 0.0373. The van der Waals surface area contributed by atoms with Crippen molar-refractivity contribution in [2.75, 3.05) is 13.2 Å². The molecule has 0 rings (SSSR count). The average Bonchev–Trinajstić information content (AvgIpc) is 3.36. The van der Waals surface area contributed by atoms with Gasteiger partial charge in [0.15, 0.2) is 6.10 Å². The topological polar surface area (TPSA) is 72.8 Å². The molecule has 406 valence electrons. The smallest absolute Gasteiger partial charge is 0.306 e. The summed E-state index contributed by atoms with van der Waals surface area (Å²) >= 11 is 0. The number of unbranched alkanes of at least 4 members (excludes halogenated alkanes) is 36. The second-order valence-electron chi connectivity index (χ2n) is 20.4. The fourth-order valence-corrected chi connectivity index (χ4v) is 9.00. The Hall–Kier alpha value is -2.66. The van der Waals surface area contributed by atoms with Crippen molar-refractivity contribution in [3.63, 3.8) is 0 Å². The summed E-state index contributed by atoms with van der Waals surface area (Å²) in [5.74, 6) is -0.680. The summed E-state index contributed by atoms with van der Waals surface area (Å²) in [6.45, 7) is 4.00. The average molecular weight is 978 g/mol. The first-order valence-electron chi connectivity index (χ1n) is 30.5. The van der Waals surface area contributed by atoms with Crippen molar-refractivity contribution in [2.45, 2.75) is 315 Å². The highest BCUT2D eigenvalue weighted by Gasteiger charge is 2.16. The first-order chi connectivity index (χ1) is 34.6. The molecule has 0 aliphatic carbocycles. The Balaban J connectivity index is 3.44. The van der Waals surface area contributed by atoms with E-state index in [9.17, 15) is 14.7 Å². The fraction of sp³-hybridized carbons (Fsp3) is 0.785. The van der Waals surface area contributed by atoms with Gasteiger partial charge < -0.3 is 14.6 Å². The van der Waals surface area contributed by atoms with E-state index in [0.29, 0.717) is 12.8 Å². The Morgan fingerprint density at radius 3 is 0.900 bits per heavy atom. The number of carbonyl (C=O) groups is 2. The number of esters is 2. The lowest BCUT2D eigenvalue weighted by molar-refractivity contribution is -0.161. The normalized spacial score (nSPS) is 12.7. The van der Waals surface area contributed by atoms with Gasteiger partial charge in [0.05, 0.1) is 6.61 Å². The molecule has 1 N–H and O–H groups in total. The van der Waals surface area contributed by atoms with E-state index in [1.54, 1.807) is 0 Å².